The van der Waals surface area contributed by atoms with Crippen molar-refractivity contribution in [3.63, 3.8) is 0 Å². The summed E-state index contributed by atoms with van der Waals surface area (Å²) in [5.41, 5.74) is 3.20. The smallest absolute Gasteiger partial charge is 0.297 e. The van der Waals surface area contributed by atoms with Gasteiger partial charge in [0.15, 0.2) is 5.82 Å². The summed E-state index contributed by atoms with van der Waals surface area (Å²) < 4.78 is 44.6. The molecule has 40 heavy (non-hydrogen) atoms. The highest BCUT2D eigenvalue weighted by molar-refractivity contribution is 9.10. The summed E-state index contributed by atoms with van der Waals surface area (Å²) in [5, 5.41) is 4.30. The van der Waals surface area contributed by atoms with Crippen molar-refractivity contribution in [1.29, 1.82) is 0 Å². The average molecular weight is 637 g/mol. The van der Waals surface area contributed by atoms with Crippen LogP contribution in [0, 0.1) is 6.92 Å². The van der Waals surface area contributed by atoms with Gasteiger partial charge in [-0.15, -0.1) is 0 Å². The van der Waals surface area contributed by atoms with Gasteiger partial charge in [0.1, 0.15) is 23.3 Å². The molecule has 9 nitrogen and oxygen atoms in total. The Morgan fingerprint density at radius 2 is 1.88 bits per heavy atom. The standard InChI is InChI=1S/C28H22BrN5O4S2/c1-18-5-8-20(9-6-18)40(35,36)37-14-13-34-12-11-23-27(34)28(31-17-30-23)33-19-7-10-25(22(29)15-19)38-24-3-2-4-26-21(24)16-32-39-26/h2-12,15-17H,13-14H2,1H3,(H,30,31,33). The fourth-order valence-corrected chi connectivity index (χ4v) is 6.22. The second-order valence-electron chi connectivity index (χ2n) is 8.92. The number of aryl methyl sites for hydroxylation is 1. The quantitative estimate of drug-likeness (QED) is 0.168. The Kier molecular flexibility index (Phi) is 7.24. The van der Waals surface area contributed by atoms with E-state index in [4.69, 9.17) is 8.92 Å². The van der Waals surface area contributed by atoms with Gasteiger partial charge in [0.25, 0.3) is 10.1 Å². The third-order valence-electron chi connectivity index (χ3n) is 6.20. The maximum absolute atomic E-state index is 12.6. The van der Waals surface area contributed by atoms with Crippen LogP contribution in [0.25, 0.3) is 21.1 Å². The van der Waals surface area contributed by atoms with Crippen LogP contribution in [0.1, 0.15) is 5.56 Å². The molecule has 3 aromatic carbocycles. The number of fused-ring (bicyclic) bond motifs is 2. The van der Waals surface area contributed by atoms with E-state index in [0.29, 0.717) is 11.6 Å². The number of halogens is 1. The van der Waals surface area contributed by atoms with Crippen LogP contribution < -0.4 is 10.1 Å². The molecule has 0 radical (unpaired) electrons. The summed E-state index contributed by atoms with van der Waals surface area (Å²) in [7, 11) is -3.86. The molecule has 202 valence electrons. The molecule has 0 atom stereocenters. The molecule has 0 aliphatic rings. The molecule has 0 fully saturated rings. The predicted molar refractivity (Wildman–Crippen MR) is 159 cm³/mol. The molecular weight excluding hydrogens is 614 g/mol. The number of anilines is 2. The first-order chi connectivity index (χ1) is 19.4. The lowest BCUT2D eigenvalue weighted by Crippen LogP contribution is -2.12. The van der Waals surface area contributed by atoms with E-state index in [1.54, 1.807) is 30.5 Å². The van der Waals surface area contributed by atoms with Gasteiger partial charge in [-0.05, 0) is 82.9 Å². The number of hydrogen-bond acceptors (Lipinski definition) is 9. The number of rotatable bonds is 9. The molecule has 0 saturated heterocycles. The van der Waals surface area contributed by atoms with Crippen molar-refractivity contribution in [3.05, 3.63) is 95.5 Å². The summed E-state index contributed by atoms with van der Waals surface area (Å²) >= 11 is 5.04. The third kappa shape index (κ3) is 5.43. The van der Waals surface area contributed by atoms with Gasteiger partial charge in [0.2, 0.25) is 0 Å². The van der Waals surface area contributed by atoms with Crippen LogP contribution in [0.5, 0.6) is 11.5 Å². The summed E-state index contributed by atoms with van der Waals surface area (Å²) in [6.45, 7) is 2.14. The lowest BCUT2D eigenvalue weighted by molar-refractivity contribution is 0.302. The molecule has 0 bridgehead atoms. The number of benzene rings is 3. The Morgan fingerprint density at radius 3 is 2.70 bits per heavy atom. The Hall–Kier alpha value is -3.84. The minimum absolute atomic E-state index is 0.0433. The van der Waals surface area contributed by atoms with Crippen molar-refractivity contribution in [2.75, 3.05) is 11.9 Å². The molecule has 0 aliphatic heterocycles. The van der Waals surface area contributed by atoms with Crippen molar-refractivity contribution in [3.8, 4) is 11.5 Å². The highest BCUT2D eigenvalue weighted by Gasteiger charge is 2.16. The van der Waals surface area contributed by atoms with Crippen LogP contribution in [0.3, 0.4) is 0 Å². The van der Waals surface area contributed by atoms with Crippen molar-refractivity contribution in [2.45, 2.75) is 18.4 Å². The summed E-state index contributed by atoms with van der Waals surface area (Å²) in [4.78, 5) is 8.92. The Labute approximate surface area is 242 Å². The van der Waals surface area contributed by atoms with Gasteiger partial charge in [-0.25, -0.2) is 9.97 Å². The Bertz CT molecular complexity index is 1940. The van der Waals surface area contributed by atoms with Crippen molar-refractivity contribution < 1.29 is 17.3 Å². The summed E-state index contributed by atoms with van der Waals surface area (Å²) in [6, 6.07) is 19.9. The van der Waals surface area contributed by atoms with Crippen LogP contribution >= 0.6 is 27.5 Å². The summed E-state index contributed by atoms with van der Waals surface area (Å²) in [6.07, 6.45) is 5.12. The van der Waals surface area contributed by atoms with Crippen molar-refractivity contribution >= 4 is 70.2 Å². The zero-order chi connectivity index (χ0) is 27.7. The van der Waals surface area contributed by atoms with Crippen LogP contribution in [0.4, 0.5) is 11.5 Å². The molecule has 3 heterocycles. The number of ether oxygens (including phenoxy) is 1. The van der Waals surface area contributed by atoms with Crippen LogP contribution in [0.15, 0.2) is 94.8 Å². The van der Waals surface area contributed by atoms with Gasteiger partial charge in [-0.3, -0.25) is 4.18 Å². The Balaban J connectivity index is 1.19. The van der Waals surface area contributed by atoms with Crippen LogP contribution in [-0.4, -0.2) is 33.9 Å². The normalized spacial score (nSPS) is 11.8. The lowest BCUT2D eigenvalue weighted by Gasteiger charge is -2.13. The van der Waals surface area contributed by atoms with Gasteiger partial charge in [0.05, 0.1) is 37.8 Å². The Morgan fingerprint density at radius 1 is 1.02 bits per heavy atom. The third-order valence-corrected chi connectivity index (χ3v) is 8.91. The molecular formula is C28H22BrN5O4S2. The van der Waals surface area contributed by atoms with Gasteiger partial charge >= 0.3 is 0 Å². The largest absolute Gasteiger partial charge is 0.455 e. The van der Waals surface area contributed by atoms with E-state index < -0.39 is 10.1 Å². The van der Waals surface area contributed by atoms with E-state index in [-0.39, 0.29) is 18.0 Å². The van der Waals surface area contributed by atoms with Crippen molar-refractivity contribution in [2.24, 2.45) is 0 Å². The fourth-order valence-electron chi connectivity index (χ4n) is 4.20. The summed E-state index contributed by atoms with van der Waals surface area (Å²) in [5.74, 6) is 1.97. The first-order valence-corrected chi connectivity index (χ1v) is 15.2. The first-order valence-electron chi connectivity index (χ1n) is 12.2. The second-order valence-corrected chi connectivity index (χ2v) is 12.2. The first kappa shape index (κ1) is 26.4. The highest BCUT2D eigenvalue weighted by atomic mass is 79.9. The van der Waals surface area contributed by atoms with Crippen molar-refractivity contribution in [1.82, 2.24) is 18.9 Å². The van der Waals surface area contributed by atoms with Crippen LogP contribution in [-0.2, 0) is 20.8 Å². The van der Waals surface area contributed by atoms with Crippen LogP contribution in [0.2, 0.25) is 0 Å². The maximum atomic E-state index is 12.6. The van der Waals surface area contributed by atoms with Gasteiger partial charge in [-0.2, -0.15) is 12.8 Å². The zero-order valence-corrected chi connectivity index (χ0v) is 24.3. The van der Waals surface area contributed by atoms with E-state index in [2.05, 4.69) is 35.6 Å². The number of nitrogens with one attached hydrogen (secondary N) is 1. The molecule has 0 spiro atoms. The van der Waals surface area contributed by atoms with E-state index in [0.717, 1.165) is 42.6 Å². The van der Waals surface area contributed by atoms with E-state index in [1.807, 2.05) is 60.2 Å². The molecule has 0 aliphatic carbocycles. The van der Waals surface area contributed by atoms with E-state index in [1.165, 1.54) is 17.9 Å². The van der Waals surface area contributed by atoms with Gasteiger partial charge in [-0.1, -0.05) is 23.8 Å². The minimum Gasteiger partial charge on any atom is -0.455 e. The molecule has 12 heteroatoms. The van der Waals surface area contributed by atoms with Gasteiger partial charge in [0, 0.05) is 18.4 Å². The predicted octanol–water partition coefficient (Wildman–Crippen LogP) is 7.05. The monoisotopic (exact) mass is 635 g/mol. The zero-order valence-electron chi connectivity index (χ0n) is 21.1. The number of hydrogen-bond donors (Lipinski definition) is 1. The van der Waals surface area contributed by atoms with E-state index >= 15 is 0 Å². The fraction of sp³-hybridized carbons (Fsp3) is 0.107. The molecule has 6 rings (SSSR count). The van der Waals surface area contributed by atoms with Gasteiger partial charge < -0.3 is 14.6 Å². The molecule has 6 aromatic rings. The number of nitrogens with zero attached hydrogens (tertiary/aromatic N) is 4. The highest BCUT2D eigenvalue weighted by Crippen LogP contribution is 2.37. The minimum atomic E-state index is -3.86. The maximum Gasteiger partial charge on any atom is 0.297 e. The molecule has 1 N–H and O–H groups in total. The molecule has 0 unspecified atom stereocenters. The number of aromatic nitrogens is 4. The molecule has 3 aromatic heterocycles. The van der Waals surface area contributed by atoms with E-state index in [9.17, 15) is 8.42 Å². The lowest BCUT2D eigenvalue weighted by atomic mass is 10.2. The second kappa shape index (κ2) is 11.0. The topological polar surface area (TPSA) is 108 Å². The molecule has 0 saturated carbocycles. The SMILES string of the molecule is Cc1ccc(S(=O)(=O)OCCn2ccc3ncnc(Nc4ccc(Oc5cccc6sncc56)c(Br)c4)c32)cc1. The average Bonchev–Trinajstić information content (AvgIpc) is 3.59. The molecule has 0 amide bonds.